The maximum Gasteiger partial charge on any atom is 0.321 e. The summed E-state index contributed by atoms with van der Waals surface area (Å²) in [5.41, 5.74) is 1.07. The highest BCUT2D eigenvalue weighted by atomic mass is 19.1. The molecule has 1 aliphatic rings. The molecule has 0 radical (unpaired) electrons. The van der Waals surface area contributed by atoms with Crippen LogP contribution in [0.1, 0.15) is 31.4 Å². The van der Waals surface area contributed by atoms with Gasteiger partial charge in [0.25, 0.3) is 0 Å². The Bertz CT molecular complexity index is 451. The molecule has 0 aliphatic carbocycles. The number of urea groups is 1. The molecular weight excluding hydrogens is 235 g/mol. The molecule has 2 N–H and O–H groups in total. The van der Waals surface area contributed by atoms with Crippen molar-refractivity contribution < 1.29 is 14.3 Å². The molecule has 18 heavy (non-hydrogen) atoms. The molecule has 1 heterocycles. The Balaban J connectivity index is 2.26. The quantitative estimate of drug-likeness (QED) is 0.847. The van der Waals surface area contributed by atoms with Gasteiger partial charge in [0.1, 0.15) is 5.82 Å². The van der Waals surface area contributed by atoms with Gasteiger partial charge in [-0.25, -0.2) is 9.18 Å². The van der Waals surface area contributed by atoms with Crippen molar-refractivity contribution in [2.45, 2.75) is 25.9 Å². The lowest BCUT2D eigenvalue weighted by Crippen LogP contribution is -2.43. The zero-order valence-corrected chi connectivity index (χ0v) is 10.3. The normalized spacial score (nSPS) is 18.4. The number of carbonyl (C=O) groups is 1. The van der Waals surface area contributed by atoms with Gasteiger partial charge in [-0.05, 0) is 31.0 Å². The number of anilines is 1. The summed E-state index contributed by atoms with van der Waals surface area (Å²) in [6.45, 7) is 3.02. The second-order valence-electron chi connectivity index (χ2n) is 4.39. The van der Waals surface area contributed by atoms with Crippen molar-refractivity contribution in [1.82, 2.24) is 5.32 Å². The number of carbonyl (C=O) groups excluding carboxylic acids is 1. The van der Waals surface area contributed by atoms with Crippen molar-refractivity contribution in [2.24, 2.45) is 0 Å². The second-order valence-corrected chi connectivity index (χ2v) is 4.39. The molecule has 0 spiro atoms. The van der Waals surface area contributed by atoms with E-state index in [0.717, 1.165) is 6.42 Å². The van der Waals surface area contributed by atoms with E-state index >= 15 is 0 Å². The summed E-state index contributed by atoms with van der Waals surface area (Å²) in [4.78, 5) is 13.5. The van der Waals surface area contributed by atoms with Crippen molar-refractivity contribution in [3.8, 4) is 0 Å². The number of nitrogens with zero attached hydrogens (tertiary/aromatic N) is 1. The maximum atomic E-state index is 13.2. The van der Waals surface area contributed by atoms with Crippen molar-refractivity contribution in [3.63, 3.8) is 0 Å². The maximum absolute atomic E-state index is 13.2. The number of halogens is 1. The topological polar surface area (TPSA) is 52.6 Å². The van der Waals surface area contributed by atoms with Crippen LogP contribution in [0.4, 0.5) is 14.9 Å². The fraction of sp³-hybridized carbons (Fsp3) is 0.462. The van der Waals surface area contributed by atoms with Crippen LogP contribution in [0.2, 0.25) is 0 Å². The highest BCUT2D eigenvalue weighted by Gasteiger charge is 2.27. The molecular formula is C13H17FN2O2. The number of rotatable bonds is 2. The molecule has 4 nitrogen and oxygen atoms in total. The number of amides is 2. The summed E-state index contributed by atoms with van der Waals surface area (Å²) in [7, 11) is 0. The molecule has 1 aromatic carbocycles. The summed E-state index contributed by atoms with van der Waals surface area (Å²) in [5.74, 6) is -0.399. The molecule has 2 rings (SSSR count). The van der Waals surface area contributed by atoms with Gasteiger partial charge in [-0.2, -0.15) is 0 Å². The number of benzene rings is 1. The third-order valence-corrected chi connectivity index (χ3v) is 3.04. The summed E-state index contributed by atoms with van der Waals surface area (Å²) in [6, 6.07) is 3.94. The summed E-state index contributed by atoms with van der Waals surface area (Å²) in [5, 5.41) is 12.6. The lowest BCUT2D eigenvalue weighted by Gasteiger charge is -2.32. The Morgan fingerprint density at radius 3 is 3.11 bits per heavy atom. The number of hydrogen-bond donors (Lipinski definition) is 2. The first-order valence-corrected chi connectivity index (χ1v) is 6.16. The summed E-state index contributed by atoms with van der Waals surface area (Å²) in [6.07, 6.45) is 0.583. The van der Waals surface area contributed by atoms with E-state index in [1.165, 1.54) is 12.1 Å². The molecule has 0 saturated carbocycles. The molecule has 2 amide bonds. The summed E-state index contributed by atoms with van der Waals surface area (Å²) < 4.78 is 13.2. The molecule has 5 heteroatoms. The highest BCUT2D eigenvalue weighted by molar-refractivity contribution is 5.93. The first kappa shape index (κ1) is 12.8. The van der Waals surface area contributed by atoms with Crippen molar-refractivity contribution in [3.05, 3.63) is 29.6 Å². The van der Waals surface area contributed by atoms with Gasteiger partial charge in [0.15, 0.2) is 0 Å². The molecule has 1 atom stereocenters. The standard InChI is InChI=1S/C13H17FN2O2/c1-2-6-15-13(18)16-7-5-12(17)10-8-9(14)3-4-11(10)16/h3-4,8,12,17H,2,5-7H2,1H3,(H,15,18). The van der Waals surface area contributed by atoms with Crippen LogP contribution < -0.4 is 10.2 Å². The van der Waals surface area contributed by atoms with Gasteiger partial charge >= 0.3 is 6.03 Å². The van der Waals surface area contributed by atoms with E-state index in [9.17, 15) is 14.3 Å². The van der Waals surface area contributed by atoms with Gasteiger partial charge in [-0.15, -0.1) is 0 Å². The van der Waals surface area contributed by atoms with E-state index in [1.54, 1.807) is 11.0 Å². The van der Waals surface area contributed by atoms with E-state index < -0.39 is 11.9 Å². The molecule has 1 unspecified atom stereocenters. The lowest BCUT2D eigenvalue weighted by molar-refractivity contribution is 0.163. The summed E-state index contributed by atoms with van der Waals surface area (Å²) >= 11 is 0. The first-order valence-electron chi connectivity index (χ1n) is 6.16. The van der Waals surface area contributed by atoms with Gasteiger partial charge in [-0.1, -0.05) is 6.92 Å². The van der Waals surface area contributed by atoms with Crippen molar-refractivity contribution in [2.75, 3.05) is 18.0 Å². The zero-order valence-electron chi connectivity index (χ0n) is 10.3. The zero-order chi connectivity index (χ0) is 13.1. The van der Waals surface area contributed by atoms with E-state index in [1.807, 2.05) is 6.92 Å². The number of nitrogens with one attached hydrogen (secondary N) is 1. The Morgan fingerprint density at radius 1 is 1.61 bits per heavy atom. The van der Waals surface area contributed by atoms with Gasteiger partial charge in [-0.3, -0.25) is 4.90 Å². The van der Waals surface area contributed by atoms with Crippen LogP contribution in [0.5, 0.6) is 0 Å². The monoisotopic (exact) mass is 252 g/mol. The molecule has 0 bridgehead atoms. The number of aliphatic hydroxyl groups excluding tert-OH is 1. The van der Waals surface area contributed by atoms with Crippen LogP contribution in [0.25, 0.3) is 0 Å². The van der Waals surface area contributed by atoms with Crippen LogP contribution >= 0.6 is 0 Å². The van der Waals surface area contributed by atoms with Crippen molar-refractivity contribution >= 4 is 11.7 Å². The largest absolute Gasteiger partial charge is 0.388 e. The highest BCUT2D eigenvalue weighted by Crippen LogP contribution is 2.34. The Labute approximate surface area is 105 Å². The van der Waals surface area contributed by atoms with Crippen LogP contribution in [0.3, 0.4) is 0 Å². The van der Waals surface area contributed by atoms with Crippen LogP contribution in [-0.4, -0.2) is 24.2 Å². The third kappa shape index (κ3) is 2.46. The van der Waals surface area contributed by atoms with Gasteiger partial charge in [0.2, 0.25) is 0 Å². The number of hydrogen-bond acceptors (Lipinski definition) is 2. The molecule has 98 valence electrons. The Hall–Kier alpha value is -1.62. The fourth-order valence-corrected chi connectivity index (χ4v) is 2.10. The third-order valence-electron chi connectivity index (χ3n) is 3.04. The van der Waals surface area contributed by atoms with Crippen LogP contribution in [0, 0.1) is 5.82 Å². The fourth-order valence-electron chi connectivity index (χ4n) is 2.10. The lowest BCUT2D eigenvalue weighted by atomic mass is 9.99. The SMILES string of the molecule is CCCNC(=O)N1CCC(O)c2cc(F)ccc21. The minimum Gasteiger partial charge on any atom is -0.388 e. The smallest absolute Gasteiger partial charge is 0.321 e. The minimum atomic E-state index is -0.703. The Kier molecular flexibility index (Phi) is 3.81. The van der Waals surface area contributed by atoms with Gasteiger partial charge in [0, 0.05) is 18.7 Å². The Morgan fingerprint density at radius 2 is 2.39 bits per heavy atom. The van der Waals surface area contributed by atoms with Crippen LogP contribution in [-0.2, 0) is 0 Å². The molecule has 0 saturated heterocycles. The number of fused-ring (bicyclic) bond motifs is 1. The first-order chi connectivity index (χ1) is 8.63. The minimum absolute atomic E-state index is 0.198. The van der Waals surface area contributed by atoms with Gasteiger partial charge in [0.05, 0.1) is 11.8 Å². The van der Waals surface area contributed by atoms with E-state index in [-0.39, 0.29) is 6.03 Å². The van der Waals surface area contributed by atoms with Gasteiger partial charge < -0.3 is 10.4 Å². The van der Waals surface area contributed by atoms with E-state index in [2.05, 4.69) is 5.32 Å². The van der Waals surface area contributed by atoms with E-state index in [0.29, 0.717) is 30.8 Å². The molecule has 1 aliphatic heterocycles. The molecule has 0 fully saturated rings. The average molecular weight is 252 g/mol. The molecule has 1 aromatic rings. The van der Waals surface area contributed by atoms with E-state index in [4.69, 9.17) is 0 Å². The predicted octanol–water partition coefficient (Wildman–Crippen LogP) is 2.19. The second kappa shape index (κ2) is 5.35. The molecule has 0 aromatic heterocycles. The van der Waals surface area contributed by atoms with Crippen LogP contribution in [0.15, 0.2) is 18.2 Å². The average Bonchev–Trinajstić information content (AvgIpc) is 2.37. The predicted molar refractivity (Wildman–Crippen MR) is 67.0 cm³/mol. The van der Waals surface area contributed by atoms with Crippen molar-refractivity contribution in [1.29, 1.82) is 0 Å². The number of aliphatic hydroxyl groups is 1.